The summed E-state index contributed by atoms with van der Waals surface area (Å²) >= 11 is 0. The number of nitrogens with one attached hydrogen (secondary N) is 3. The Morgan fingerprint density at radius 1 is 1.14 bits per heavy atom. The number of aliphatic hydroxyl groups is 1. The molecule has 0 spiro atoms. The quantitative estimate of drug-likeness (QED) is 0.558. The lowest BCUT2D eigenvalue weighted by Gasteiger charge is -2.36. The first-order chi connectivity index (χ1) is 14.1. The van der Waals surface area contributed by atoms with E-state index in [1.165, 1.54) is 12.1 Å². The highest BCUT2D eigenvalue weighted by atomic mass is 19.1. The third-order valence-electron chi connectivity index (χ3n) is 5.73. The molecule has 3 amide bonds. The largest absolute Gasteiger partial charge is 0.394 e. The van der Waals surface area contributed by atoms with Gasteiger partial charge in [0.05, 0.1) is 24.4 Å². The summed E-state index contributed by atoms with van der Waals surface area (Å²) < 4.78 is 19.6. The number of benzene rings is 1. The zero-order valence-corrected chi connectivity index (χ0v) is 16.5. The van der Waals surface area contributed by atoms with Crippen molar-refractivity contribution >= 4 is 17.6 Å². The molecule has 2 fully saturated rings. The number of halogens is 1. The van der Waals surface area contributed by atoms with Crippen LogP contribution in [0.1, 0.15) is 44.9 Å². The van der Waals surface area contributed by atoms with Gasteiger partial charge in [-0.15, -0.1) is 0 Å². The highest BCUT2D eigenvalue weighted by Crippen LogP contribution is 2.25. The maximum Gasteiger partial charge on any atom is 0.319 e. The number of rotatable bonds is 7. The van der Waals surface area contributed by atoms with Gasteiger partial charge in [0.1, 0.15) is 11.9 Å². The van der Waals surface area contributed by atoms with E-state index in [9.17, 15) is 19.1 Å². The van der Waals surface area contributed by atoms with Crippen molar-refractivity contribution in [3.8, 4) is 0 Å². The molecule has 1 heterocycles. The highest BCUT2D eigenvalue weighted by molar-refractivity contribution is 5.89. The van der Waals surface area contributed by atoms with Crippen LogP contribution in [0.2, 0.25) is 0 Å². The summed E-state index contributed by atoms with van der Waals surface area (Å²) in [7, 11) is 0. The van der Waals surface area contributed by atoms with Crippen LogP contribution in [0.5, 0.6) is 0 Å². The SMILES string of the molecule is O=C(Nc1ccccc1F)N[C@@H]1CC[C@H](CCNC(=O)C2CCCC2)O[C@@H]1CO. The Hall–Kier alpha value is -2.19. The molecule has 0 unspecified atom stereocenters. The number of carbonyl (C=O) groups excluding carboxylic acids is 2. The van der Waals surface area contributed by atoms with Crippen LogP contribution in [-0.2, 0) is 9.53 Å². The number of hydrogen-bond donors (Lipinski definition) is 4. The molecule has 29 heavy (non-hydrogen) atoms. The predicted octanol–water partition coefficient (Wildman–Crippen LogP) is 2.55. The maximum absolute atomic E-state index is 13.7. The van der Waals surface area contributed by atoms with Crippen LogP contribution in [0.25, 0.3) is 0 Å². The summed E-state index contributed by atoms with van der Waals surface area (Å²) in [5.74, 6) is -0.239. The molecule has 1 aliphatic carbocycles. The lowest BCUT2D eigenvalue weighted by Crippen LogP contribution is -2.52. The van der Waals surface area contributed by atoms with Crippen LogP contribution in [0, 0.1) is 11.7 Å². The number of aliphatic hydroxyl groups excluding tert-OH is 1. The number of para-hydroxylation sites is 1. The predicted molar refractivity (Wildman–Crippen MR) is 107 cm³/mol. The molecule has 1 aromatic carbocycles. The first-order valence-corrected chi connectivity index (χ1v) is 10.4. The fourth-order valence-corrected chi connectivity index (χ4v) is 4.09. The number of anilines is 1. The van der Waals surface area contributed by atoms with Crippen LogP contribution < -0.4 is 16.0 Å². The second-order valence-electron chi connectivity index (χ2n) is 7.80. The van der Waals surface area contributed by atoms with Crippen molar-refractivity contribution in [1.82, 2.24) is 10.6 Å². The van der Waals surface area contributed by atoms with Gasteiger partial charge in [0.2, 0.25) is 5.91 Å². The van der Waals surface area contributed by atoms with E-state index in [4.69, 9.17) is 4.74 Å². The first-order valence-electron chi connectivity index (χ1n) is 10.4. The smallest absolute Gasteiger partial charge is 0.319 e. The Labute approximate surface area is 170 Å². The minimum Gasteiger partial charge on any atom is -0.394 e. The zero-order chi connectivity index (χ0) is 20.6. The van der Waals surface area contributed by atoms with Gasteiger partial charge in [-0.3, -0.25) is 4.79 Å². The summed E-state index contributed by atoms with van der Waals surface area (Å²) in [5, 5.41) is 17.9. The molecule has 1 saturated carbocycles. The van der Waals surface area contributed by atoms with E-state index in [-0.39, 0.29) is 36.3 Å². The van der Waals surface area contributed by atoms with E-state index in [2.05, 4.69) is 16.0 Å². The Morgan fingerprint density at radius 2 is 1.90 bits per heavy atom. The Balaban J connectivity index is 1.41. The Bertz CT molecular complexity index is 696. The van der Waals surface area contributed by atoms with Crippen molar-refractivity contribution in [3.63, 3.8) is 0 Å². The summed E-state index contributed by atoms with van der Waals surface area (Å²) in [6.07, 6.45) is 5.60. The molecule has 0 bridgehead atoms. The van der Waals surface area contributed by atoms with Crippen LogP contribution >= 0.6 is 0 Å². The van der Waals surface area contributed by atoms with Crippen LogP contribution in [0.4, 0.5) is 14.9 Å². The number of carbonyl (C=O) groups is 2. The molecule has 3 atom stereocenters. The molecule has 8 heteroatoms. The van der Waals surface area contributed by atoms with Gasteiger partial charge in [-0.1, -0.05) is 25.0 Å². The van der Waals surface area contributed by atoms with Crippen molar-refractivity contribution in [2.45, 2.75) is 63.2 Å². The normalized spacial score (nSPS) is 24.8. The average Bonchev–Trinajstić information content (AvgIpc) is 3.25. The van der Waals surface area contributed by atoms with Gasteiger partial charge in [-0.2, -0.15) is 0 Å². The van der Waals surface area contributed by atoms with Gasteiger partial charge >= 0.3 is 6.03 Å². The topological polar surface area (TPSA) is 99.7 Å². The van der Waals surface area contributed by atoms with E-state index < -0.39 is 18.0 Å². The molecule has 0 radical (unpaired) electrons. The van der Waals surface area contributed by atoms with Gasteiger partial charge in [0.25, 0.3) is 0 Å². The second kappa shape index (κ2) is 10.5. The van der Waals surface area contributed by atoms with Crippen LogP contribution in [0.3, 0.4) is 0 Å². The van der Waals surface area contributed by atoms with Gasteiger partial charge < -0.3 is 25.8 Å². The molecule has 4 N–H and O–H groups in total. The molecule has 1 saturated heterocycles. The number of urea groups is 1. The molecular weight excluding hydrogens is 377 g/mol. The molecule has 160 valence electrons. The molecule has 3 rings (SSSR count). The fraction of sp³-hybridized carbons (Fsp3) is 0.619. The first kappa shape index (κ1) is 21.5. The molecule has 1 aromatic rings. The van der Waals surface area contributed by atoms with E-state index >= 15 is 0 Å². The fourth-order valence-electron chi connectivity index (χ4n) is 4.09. The van der Waals surface area contributed by atoms with Crippen molar-refractivity contribution in [2.24, 2.45) is 5.92 Å². The van der Waals surface area contributed by atoms with Gasteiger partial charge in [-0.05, 0) is 44.2 Å². The van der Waals surface area contributed by atoms with Crippen LogP contribution in [-0.4, -0.2) is 48.4 Å². The summed E-state index contributed by atoms with van der Waals surface area (Å²) in [6.45, 7) is 0.319. The van der Waals surface area contributed by atoms with Gasteiger partial charge in [-0.25, -0.2) is 9.18 Å². The molecule has 1 aliphatic heterocycles. The van der Waals surface area contributed by atoms with Gasteiger partial charge in [0, 0.05) is 12.5 Å². The maximum atomic E-state index is 13.7. The zero-order valence-electron chi connectivity index (χ0n) is 16.5. The average molecular weight is 407 g/mol. The number of hydrogen-bond acceptors (Lipinski definition) is 4. The van der Waals surface area contributed by atoms with E-state index in [1.54, 1.807) is 12.1 Å². The molecular formula is C21H30FN3O4. The molecule has 0 aromatic heterocycles. The van der Waals surface area contributed by atoms with Crippen molar-refractivity contribution < 1.29 is 23.8 Å². The summed E-state index contributed by atoms with van der Waals surface area (Å²) in [4.78, 5) is 24.3. The van der Waals surface area contributed by atoms with E-state index in [1.807, 2.05) is 0 Å². The Morgan fingerprint density at radius 3 is 2.62 bits per heavy atom. The van der Waals surface area contributed by atoms with Crippen molar-refractivity contribution in [3.05, 3.63) is 30.1 Å². The van der Waals surface area contributed by atoms with E-state index in [0.717, 1.165) is 25.7 Å². The van der Waals surface area contributed by atoms with Crippen LogP contribution in [0.15, 0.2) is 24.3 Å². The lowest BCUT2D eigenvalue weighted by molar-refractivity contribution is -0.125. The molecule has 7 nitrogen and oxygen atoms in total. The van der Waals surface area contributed by atoms with Gasteiger partial charge in [0.15, 0.2) is 0 Å². The third-order valence-corrected chi connectivity index (χ3v) is 5.73. The number of ether oxygens (including phenoxy) is 1. The van der Waals surface area contributed by atoms with E-state index in [0.29, 0.717) is 25.8 Å². The minimum absolute atomic E-state index is 0.0799. The monoisotopic (exact) mass is 407 g/mol. The summed E-state index contributed by atoms with van der Waals surface area (Å²) in [6, 6.07) is 5.03. The van der Waals surface area contributed by atoms with Crippen molar-refractivity contribution in [1.29, 1.82) is 0 Å². The summed E-state index contributed by atoms with van der Waals surface area (Å²) in [5.41, 5.74) is 0.0955. The minimum atomic E-state index is -0.538. The third kappa shape index (κ3) is 6.14. The molecule has 2 aliphatic rings. The highest BCUT2D eigenvalue weighted by Gasteiger charge is 2.32. The second-order valence-corrected chi connectivity index (χ2v) is 7.80. The standard InChI is InChI=1S/C21H30FN3O4/c22-16-7-3-4-8-17(16)24-21(28)25-18-10-9-15(29-19(18)13-26)11-12-23-20(27)14-5-1-2-6-14/h3-4,7-8,14-15,18-19,26H,1-2,5-6,9-13H2,(H,23,27)(H2,24,25,28)/t15-,18-,19-/m1/s1. The lowest BCUT2D eigenvalue weighted by atomic mass is 9.97. The number of amides is 3. The van der Waals surface area contributed by atoms with Crippen molar-refractivity contribution in [2.75, 3.05) is 18.5 Å². The Kier molecular flexibility index (Phi) is 7.83.